The fourth-order valence-corrected chi connectivity index (χ4v) is 6.09. The summed E-state index contributed by atoms with van der Waals surface area (Å²) >= 11 is 1.54. The zero-order chi connectivity index (χ0) is 26.3. The van der Waals surface area contributed by atoms with Crippen molar-refractivity contribution in [3.63, 3.8) is 0 Å². The van der Waals surface area contributed by atoms with Crippen molar-refractivity contribution in [2.45, 2.75) is 38.5 Å². The summed E-state index contributed by atoms with van der Waals surface area (Å²) in [6, 6.07) is 15.4. The standard InChI is InChI=1S/C30H28N2O4S/c1-4-7-16-32-21-10-8-9-11-22(21)37-23(32)17-20-25(29(35)27(20)33)26-24(28(34)30(26)36)18-12-14-19(15-13-18)31(5-2)6-3/h8-15,17H,4-7,16H2,1-3H3/b23-17-. The van der Waals surface area contributed by atoms with Crippen molar-refractivity contribution in [1.82, 2.24) is 0 Å². The molecule has 37 heavy (non-hydrogen) atoms. The molecule has 0 saturated carbocycles. The summed E-state index contributed by atoms with van der Waals surface area (Å²) < 4.78 is 0. The molecule has 0 fully saturated rings. The lowest BCUT2D eigenvalue weighted by Crippen LogP contribution is -2.43. The number of nitrogens with zero attached hydrogens (tertiary/aromatic N) is 2. The van der Waals surface area contributed by atoms with E-state index in [-0.39, 0.29) is 22.3 Å². The van der Waals surface area contributed by atoms with Crippen molar-refractivity contribution in [2.24, 2.45) is 0 Å². The maximum atomic E-state index is 12.7. The molecule has 0 spiro atoms. The maximum Gasteiger partial charge on any atom is 0.235 e. The van der Waals surface area contributed by atoms with Crippen LogP contribution >= 0.6 is 11.8 Å². The van der Waals surface area contributed by atoms with Crippen LogP contribution in [0.15, 0.2) is 77.6 Å². The average molecular weight is 513 g/mol. The summed E-state index contributed by atoms with van der Waals surface area (Å²) in [5, 5.41) is 0.840. The molecular weight excluding hydrogens is 484 g/mol. The Morgan fingerprint density at radius 1 is 0.784 bits per heavy atom. The molecule has 0 saturated heterocycles. The lowest BCUT2D eigenvalue weighted by molar-refractivity contribution is 0.780. The second-order valence-electron chi connectivity index (χ2n) is 9.13. The Morgan fingerprint density at radius 3 is 2.11 bits per heavy atom. The van der Waals surface area contributed by atoms with Crippen LogP contribution in [-0.2, 0) is 0 Å². The minimum absolute atomic E-state index is 0.0666. The molecule has 5 rings (SSSR count). The van der Waals surface area contributed by atoms with Crippen molar-refractivity contribution in [3.8, 4) is 22.3 Å². The molecule has 0 aromatic heterocycles. The normalized spacial score (nSPS) is 14.1. The van der Waals surface area contributed by atoms with E-state index in [2.05, 4.69) is 30.6 Å². The minimum Gasteiger partial charge on any atom is -0.372 e. The van der Waals surface area contributed by atoms with E-state index in [4.69, 9.17) is 0 Å². The Bertz CT molecular complexity index is 1650. The van der Waals surface area contributed by atoms with Crippen molar-refractivity contribution >= 4 is 29.2 Å². The Labute approximate surface area is 219 Å². The number of hydrogen-bond acceptors (Lipinski definition) is 7. The van der Waals surface area contributed by atoms with Crippen LogP contribution in [0, 0.1) is 0 Å². The number of fused-ring (bicyclic) bond motifs is 1. The zero-order valence-corrected chi connectivity index (χ0v) is 22.0. The Morgan fingerprint density at radius 2 is 1.43 bits per heavy atom. The van der Waals surface area contributed by atoms with Crippen molar-refractivity contribution in [2.75, 3.05) is 29.4 Å². The summed E-state index contributed by atoms with van der Waals surface area (Å²) in [4.78, 5) is 56.2. The Balaban J connectivity index is 1.56. The van der Waals surface area contributed by atoms with E-state index in [1.54, 1.807) is 18.2 Å². The van der Waals surface area contributed by atoms with Gasteiger partial charge in [0.05, 0.1) is 16.3 Å². The first-order chi connectivity index (χ1) is 17.9. The summed E-state index contributed by atoms with van der Waals surface area (Å²) in [5.41, 5.74) is 0.552. The molecule has 4 aromatic rings. The fraction of sp³-hybridized carbons (Fsp3) is 0.267. The fourth-order valence-electron chi connectivity index (χ4n) is 4.96. The lowest BCUT2D eigenvalue weighted by Gasteiger charge is -2.22. The van der Waals surface area contributed by atoms with Crippen LogP contribution < -0.4 is 31.5 Å². The lowest BCUT2D eigenvalue weighted by atomic mass is 9.84. The molecule has 6 nitrogen and oxygen atoms in total. The predicted molar refractivity (Wildman–Crippen MR) is 153 cm³/mol. The third-order valence-electron chi connectivity index (χ3n) is 7.03. The first-order valence-electron chi connectivity index (χ1n) is 12.7. The Hall–Kier alpha value is -3.71. The molecular formula is C30H28N2O4S. The highest BCUT2D eigenvalue weighted by Gasteiger charge is 2.33. The molecule has 0 unspecified atom stereocenters. The van der Waals surface area contributed by atoms with E-state index in [9.17, 15) is 19.2 Å². The van der Waals surface area contributed by atoms with E-state index in [1.165, 1.54) is 11.8 Å². The van der Waals surface area contributed by atoms with Crippen LogP contribution in [0.3, 0.4) is 0 Å². The zero-order valence-electron chi connectivity index (χ0n) is 21.2. The van der Waals surface area contributed by atoms with Gasteiger partial charge in [-0.3, -0.25) is 19.2 Å². The minimum atomic E-state index is -0.709. The number of hydrogen-bond donors (Lipinski definition) is 0. The van der Waals surface area contributed by atoms with Gasteiger partial charge in [0.2, 0.25) is 21.7 Å². The smallest absolute Gasteiger partial charge is 0.235 e. The summed E-state index contributed by atoms with van der Waals surface area (Å²) in [7, 11) is 0. The van der Waals surface area contributed by atoms with Gasteiger partial charge in [-0.2, -0.15) is 0 Å². The van der Waals surface area contributed by atoms with Crippen LogP contribution in [0.2, 0.25) is 0 Å². The van der Waals surface area contributed by atoms with Crippen LogP contribution in [0.25, 0.3) is 28.3 Å². The first kappa shape index (κ1) is 25.0. The number of anilines is 2. The Kier molecular flexibility index (Phi) is 6.73. The molecule has 1 heterocycles. The molecule has 7 heteroatoms. The number of thioether (sulfide) groups is 1. The monoisotopic (exact) mass is 512 g/mol. The second-order valence-corrected chi connectivity index (χ2v) is 10.2. The molecule has 4 aromatic carbocycles. The van der Waals surface area contributed by atoms with E-state index >= 15 is 0 Å². The molecule has 1 aliphatic rings. The van der Waals surface area contributed by atoms with Gasteiger partial charge in [-0.15, -0.1) is 0 Å². The van der Waals surface area contributed by atoms with Gasteiger partial charge < -0.3 is 9.80 Å². The van der Waals surface area contributed by atoms with Crippen molar-refractivity contribution in [3.05, 3.63) is 100 Å². The number of rotatable bonds is 9. The van der Waals surface area contributed by atoms with Gasteiger partial charge in [-0.05, 0) is 56.2 Å². The van der Waals surface area contributed by atoms with Crippen LogP contribution in [0.5, 0.6) is 0 Å². The van der Waals surface area contributed by atoms with Crippen molar-refractivity contribution in [1.29, 1.82) is 0 Å². The third-order valence-corrected chi connectivity index (χ3v) is 8.14. The molecule has 0 amide bonds. The van der Waals surface area contributed by atoms with Gasteiger partial charge in [-0.1, -0.05) is 49.4 Å². The summed E-state index contributed by atoms with van der Waals surface area (Å²) in [6.07, 6.45) is 3.70. The largest absolute Gasteiger partial charge is 0.372 e. The average Bonchev–Trinajstić information content (AvgIpc) is 3.28. The van der Waals surface area contributed by atoms with E-state index in [0.29, 0.717) is 5.56 Å². The summed E-state index contributed by atoms with van der Waals surface area (Å²) in [5.74, 6) is 0. The van der Waals surface area contributed by atoms with E-state index in [1.807, 2.05) is 36.4 Å². The predicted octanol–water partition coefficient (Wildman–Crippen LogP) is 4.77. The maximum absolute atomic E-state index is 12.7. The number of benzene rings is 2. The van der Waals surface area contributed by atoms with Gasteiger partial charge in [0, 0.05) is 46.9 Å². The molecule has 0 radical (unpaired) electrons. The van der Waals surface area contributed by atoms with Gasteiger partial charge in [-0.25, -0.2) is 0 Å². The van der Waals surface area contributed by atoms with Gasteiger partial charge in [0.1, 0.15) is 0 Å². The number of para-hydroxylation sites is 1. The third kappa shape index (κ3) is 4.07. The molecule has 188 valence electrons. The highest BCUT2D eigenvalue weighted by molar-refractivity contribution is 8.03. The van der Waals surface area contributed by atoms with E-state index in [0.717, 1.165) is 53.8 Å². The van der Waals surface area contributed by atoms with Gasteiger partial charge in [0.25, 0.3) is 0 Å². The van der Waals surface area contributed by atoms with Crippen LogP contribution in [0.1, 0.15) is 39.2 Å². The van der Waals surface area contributed by atoms with Crippen LogP contribution in [0.4, 0.5) is 11.4 Å². The molecule has 1 aliphatic heterocycles. The number of unbranched alkanes of at least 4 members (excludes halogenated alkanes) is 1. The van der Waals surface area contributed by atoms with E-state index < -0.39 is 21.7 Å². The van der Waals surface area contributed by atoms with Gasteiger partial charge >= 0.3 is 0 Å². The second kappa shape index (κ2) is 9.98. The quantitative estimate of drug-likeness (QED) is 0.299. The first-order valence-corrected chi connectivity index (χ1v) is 13.5. The molecule has 0 N–H and O–H groups in total. The SMILES string of the molecule is CCCCN1/C(=C/c2c(-c3c(-c4ccc(N(CC)CC)cc4)c(=O)c3=O)c(=O)c2=O)Sc2ccccc21. The molecule has 0 atom stereocenters. The summed E-state index contributed by atoms with van der Waals surface area (Å²) in [6.45, 7) is 8.73. The highest BCUT2D eigenvalue weighted by atomic mass is 32.2. The van der Waals surface area contributed by atoms with Crippen molar-refractivity contribution < 1.29 is 0 Å². The van der Waals surface area contributed by atoms with Crippen LogP contribution in [-0.4, -0.2) is 19.6 Å². The van der Waals surface area contributed by atoms with Gasteiger partial charge in [0.15, 0.2) is 0 Å². The highest BCUT2D eigenvalue weighted by Crippen LogP contribution is 2.47. The molecule has 0 aliphatic carbocycles. The molecule has 0 bridgehead atoms. The topological polar surface area (TPSA) is 74.8 Å².